The second kappa shape index (κ2) is 10.8. The van der Waals surface area contributed by atoms with E-state index in [-0.39, 0.29) is 30.3 Å². The lowest BCUT2D eigenvalue weighted by atomic mass is 9.88. The number of hydrogen-bond acceptors (Lipinski definition) is 6. The number of benzene rings is 2. The predicted molar refractivity (Wildman–Crippen MR) is 126 cm³/mol. The highest BCUT2D eigenvalue weighted by Gasteiger charge is 2.31. The zero-order chi connectivity index (χ0) is 24.1. The van der Waals surface area contributed by atoms with Crippen molar-refractivity contribution in [2.45, 2.75) is 26.0 Å². The average molecular weight is 484 g/mol. The van der Waals surface area contributed by atoms with Gasteiger partial charge in [0.25, 0.3) is 5.91 Å². The van der Waals surface area contributed by atoms with E-state index in [2.05, 4.69) is 10.3 Å². The van der Waals surface area contributed by atoms with Gasteiger partial charge in [-0.1, -0.05) is 18.2 Å². The molecule has 2 heterocycles. The van der Waals surface area contributed by atoms with Gasteiger partial charge in [-0.2, -0.15) is 0 Å². The number of amides is 2. The number of thiazole rings is 1. The molecule has 0 fully saturated rings. The maximum Gasteiger partial charge on any atom is 0.270 e. The third-order valence-corrected chi connectivity index (χ3v) is 6.50. The van der Waals surface area contributed by atoms with Gasteiger partial charge in [-0.15, -0.1) is 11.3 Å². The molecule has 1 aromatic heterocycles. The third kappa shape index (κ3) is 5.43. The normalized spacial score (nSPS) is 15.0. The molecule has 1 atom stereocenters. The van der Waals surface area contributed by atoms with Crippen molar-refractivity contribution in [2.75, 3.05) is 26.8 Å². The van der Waals surface area contributed by atoms with Crippen molar-refractivity contribution >= 4 is 23.2 Å². The van der Waals surface area contributed by atoms with Gasteiger partial charge < -0.3 is 19.7 Å². The van der Waals surface area contributed by atoms with Crippen LogP contribution in [0, 0.1) is 5.82 Å². The number of aromatic nitrogens is 1. The topological polar surface area (TPSA) is 80.8 Å². The van der Waals surface area contributed by atoms with Crippen LogP contribution in [0.15, 0.2) is 47.8 Å². The highest BCUT2D eigenvalue weighted by Crippen LogP contribution is 2.37. The summed E-state index contributed by atoms with van der Waals surface area (Å²) in [4.78, 5) is 30.6. The minimum Gasteiger partial charge on any atom is -0.486 e. The van der Waals surface area contributed by atoms with Gasteiger partial charge in [-0.05, 0) is 47.4 Å². The Morgan fingerprint density at radius 2 is 2.03 bits per heavy atom. The van der Waals surface area contributed by atoms with Crippen LogP contribution < -0.4 is 10.1 Å². The van der Waals surface area contributed by atoms with Crippen molar-refractivity contribution in [3.63, 3.8) is 0 Å². The highest BCUT2D eigenvalue weighted by molar-refractivity contribution is 7.09. The molecule has 4 rings (SSSR count). The van der Waals surface area contributed by atoms with Gasteiger partial charge in [0.15, 0.2) is 0 Å². The zero-order valence-electron chi connectivity index (χ0n) is 19.0. The molecular weight excluding hydrogens is 457 g/mol. The molecule has 1 aliphatic rings. The number of carbonyl (C=O) groups excluding carboxylic acids is 2. The van der Waals surface area contributed by atoms with Crippen molar-refractivity contribution < 1.29 is 23.5 Å². The molecule has 0 aliphatic carbocycles. The first-order valence-corrected chi connectivity index (χ1v) is 11.8. The second-order valence-electron chi connectivity index (χ2n) is 7.94. The monoisotopic (exact) mass is 483 g/mol. The van der Waals surface area contributed by atoms with E-state index in [9.17, 15) is 14.0 Å². The lowest BCUT2D eigenvalue weighted by Gasteiger charge is -2.37. The maximum atomic E-state index is 13.5. The van der Waals surface area contributed by atoms with E-state index in [0.717, 1.165) is 23.1 Å². The summed E-state index contributed by atoms with van der Waals surface area (Å²) in [7, 11) is 1.57. The van der Waals surface area contributed by atoms with Crippen molar-refractivity contribution in [2.24, 2.45) is 0 Å². The zero-order valence-corrected chi connectivity index (χ0v) is 19.9. The van der Waals surface area contributed by atoms with Crippen LogP contribution in [0.1, 0.15) is 45.2 Å². The van der Waals surface area contributed by atoms with E-state index < -0.39 is 0 Å². The molecule has 1 N–H and O–H groups in total. The number of methoxy groups -OCH3 is 1. The Labute approximate surface area is 201 Å². The number of hydrogen-bond donors (Lipinski definition) is 1. The molecule has 2 amide bonds. The highest BCUT2D eigenvalue weighted by atomic mass is 32.1. The van der Waals surface area contributed by atoms with E-state index in [1.165, 1.54) is 23.5 Å². The van der Waals surface area contributed by atoms with Crippen molar-refractivity contribution in [1.29, 1.82) is 0 Å². The Balaban J connectivity index is 1.51. The minimum atomic E-state index is -0.318. The Hall–Kier alpha value is -3.30. The summed E-state index contributed by atoms with van der Waals surface area (Å²) in [6.45, 7) is 3.21. The summed E-state index contributed by atoms with van der Waals surface area (Å²) in [6.07, 6.45) is 0.737. The van der Waals surface area contributed by atoms with E-state index >= 15 is 0 Å². The van der Waals surface area contributed by atoms with Gasteiger partial charge >= 0.3 is 0 Å². The third-order valence-electron chi connectivity index (χ3n) is 5.67. The van der Waals surface area contributed by atoms with Crippen LogP contribution in [0.4, 0.5) is 4.39 Å². The number of nitrogens with zero attached hydrogens (tertiary/aromatic N) is 2. The Bertz CT molecular complexity index is 1170. The smallest absolute Gasteiger partial charge is 0.270 e. The number of rotatable bonds is 8. The number of nitrogens with one attached hydrogen (secondary N) is 1. The van der Waals surface area contributed by atoms with Crippen LogP contribution in [0.5, 0.6) is 5.75 Å². The number of ether oxygens (including phenoxy) is 2. The first-order chi connectivity index (χ1) is 16.5. The van der Waals surface area contributed by atoms with Gasteiger partial charge in [-0.25, -0.2) is 9.37 Å². The summed E-state index contributed by atoms with van der Waals surface area (Å²) in [5, 5.41) is 5.12. The minimum absolute atomic E-state index is 0.0367. The van der Waals surface area contributed by atoms with Crippen molar-refractivity contribution in [3.8, 4) is 5.75 Å². The molecule has 0 saturated heterocycles. The van der Waals surface area contributed by atoms with Crippen molar-refractivity contribution in [1.82, 2.24) is 15.2 Å². The molecule has 0 spiro atoms. The summed E-state index contributed by atoms with van der Waals surface area (Å²) in [6, 6.07) is 11.8. The van der Waals surface area contributed by atoms with Crippen LogP contribution in [-0.4, -0.2) is 48.5 Å². The summed E-state index contributed by atoms with van der Waals surface area (Å²) >= 11 is 1.35. The van der Waals surface area contributed by atoms with Crippen molar-refractivity contribution in [3.05, 3.63) is 81.1 Å². The molecule has 1 aliphatic heterocycles. The van der Waals surface area contributed by atoms with Gasteiger partial charge in [0, 0.05) is 32.5 Å². The van der Waals surface area contributed by atoms with Gasteiger partial charge in [0.05, 0.1) is 12.6 Å². The predicted octanol–water partition coefficient (Wildman–Crippen LogP) is 3.73. The molecule has 7 nitrogen and oxygen atoms in total. The molecule has 34 heavy (non-hydrogen) atoms. The molecule has 0 saturated carbocycles. The van der Waals surface area contributed by atoms with Crippen LogP contribution in [-0.2, 0) is 22.6 Å². The molecular formula is C25H26FN3O4S. The molecule has 9 heteroatoms. The van der Waals surface area contributed by atoms with Crippen LogP contribution in [0.2, 0.25) is 0 Å². The lowest BCUT2D eigenvalue weighted by molar-refractivity contribution is -0.130. The molecule has 2 aromatic carbocycles. The Kier molecular flexibility index (Phi) is 7.54. The summed E-state index contributed by atoms with van der Waals surface area (Å²) < 4.78 is 24.4. The summed E-state index contributed by atoms with van der Waals surface area (Å²) in [5.41, 5.74) is 3.28. The lowest BCUT2D eigenvalue weighted by Crippen LogP contribution is -2.39. The van der Waals surface area contributed by atoms with Crippen LogP contribution in [0.25, 0.3) is 0 Å². The largest absolute Gasteiger partial charge is 0.486 e. The second-order valence-corrected chi connectivity index (χ2v) is 8.88. The Morgan fingerprint density at radius 1 is 1.24 bits per heavy atom. The molecule has 178 valence electrons. The number of halogens is 1. The van der Waals surface area contributed by atoms with E-state index in [1.54, 1.807) is 36.4 Å². The summed E-state index contributed by atoms with van der Waals surface area (Å²) in [5.74, 6) is 0.0316. The average Bonchev–Trinajstić information content (AvgIpc) is 3.32. The van der Waals surface area contributed by atoms with Crippen LogP contribution >= 0.6 is 11.3 Å². The van der Waals surface area contributed by atoms with Crippen LogP contribution in [0.3, 0.4) is 0 Å². The molecule has 1 unspecified atom stereocenters. The fraction of sp³-hybridized carbons (Fsp3) is 0.320. The fourth-order valence-corrected chi connectivity index (χ4v) is 4.70. The maximum absolute atomic E-state index is 13.5. The number of carbonyl (C=O) groups is 2. The SMILES string of the molecule is COCCNC(=O)c1csc(COc2ccc3c(c2)C(c2ccc(F)cc2)N(C(C)=O)CC3)n1. The van der Waals surface area contributed by atoms with E-state index in [1.807, 2.05) is 18.2 Å². The molecule has 0 radical (unpaired) electrons. The standard InChI is InChI=1S/C25H26FN3O4S/c1-16(30)29-11-9-17-5-8-20(13-21(17)24(29)18-3-6-19(26)7-4-18)33-14-23-28-22(15-34-23)25(31)27-10-12-32-2/h3-8,13,15,24H,9-12,14H2,1-2H3,(H,27,31). The van der Waals surface area contributed by atoms with E-state index in [4.69, 9.17) is 9.47 Å². The molecule has 3 aromatic rings. The van der Waals surface area contributed by atoms with E-state index in [0.29, 0.717) is 36.1 Å². The first-order valence-electron chi connectivity index (χ1n) is 11.0. The van der Waals surface area contributed by atoms with Gasteiger partial charge in [-0.3, -0.25) is 9.59 Å². The Morgan fingerprint density at radius 3 is 2.76 bits per heavy atom. The first kappa shape index (κ1) is 23.8. The van der Waals surface area contributed by atoms with Gasteiger partial charge in [0.2, 0.25) is 5.91 Å². The fourth-order valence-electron chi connectivity index (χ4n) is 4.01. The van der Waals surface area contributed by atoms with Gasteiger partial charge in [0.1, 0.15) is 28.9 Å². The number of fused-ring (bicyclic) bond motifs is 1. The quantitative estimate of drug-likeness (QED) is 0.494. The molecule has 0 bridgehead atoms.